The van der Waals surface area contributed by atoms with E-state index in [1.54, 1.807) is 0 Å². The zero-order valence-electron chi connectivity index (χ0n) is 9.48. The third kappa shape index (κ3) is 2.62. The topological polar surface area (TPSA) is 3.24 Å². The van der Waals surface area contributed by atoms with Crippen LogP contribution >= 0.6 is 0 Å². The summed E-state index contributed by atoms with van der Waals surface area (Å²) in [4.78, 5) is 0. The van der Waals surface area contributed by atoms with Crippen molar-refractivity contribution in [2.45, 2.75) is 47.9 Å². The molecular weight excluding hydrogens is 253 g/mol. The van der Waals surface area contributed by atoms with Crippen molar-refractivity contribution in [2.75, 3.05) is 13.1 Å². The van der Waals surface area contributed by atoms with Gasteiger partial charge in [-0.1, -0.05) is 0 Å². The van der Waals surface area contributed by atoms with E-state index in [4.69, 9.17) is 0 Å². The maximum absolute atomic E-state index is 2.81. The molecule has 0 saturated heterocycles. The Bertz CT molecular complexity index is 98.1. The van der Waals surface area contributed by atoms with Gasteiger partial charge in [0.2, 0.25) is 0 Å². The molecule has 0 bridgehead atoms. The van der Waals surface area contributed by atoms with Crippen molar-refractivity contribution in [1.29, 1.82) is 0 Å². The first-order valence-electron chi connectivity index (χ1n) is 5.45. The molecule has 0 fully saturated rings. The summed E-state index contributed by atoms with van der Waals surface area (Å²) < 4.78 is 7.28. The third-order valence-corrected chi connectivity index (χ3v) is 20.3. The van der Waals surface area contributed by atoms with Gasteiger partial charge in [0, 0.05) is 0 Å². The molecule has 0 aromatic rings. The molecule has 0 aliphatic carbocycles. The first-order valence-corrected chi connectivity index (χ1v) is 12.8. The summed E-state index contributed by atoms with van der Waals surface area (Å²) in [6.45, 7) is 14.4. The fourth-order valence-electron chi connectivity index (χ4n) is 2.32. The van der Waals surface area contributed by atoms with Gasteiger partial charge in [0.25, 0.3) is 0 Å². The average molecular weight is 278 g/mol. The molecule has 0 radical (unpaired) electrons. The summed E-state index contributed by atoms with van der Waals surface area (Å²) in [5.74, 6) is 0. The molecule has 0 heterocycles. The number of rotatable bonds is 6. The molecule has 0 aromatic carbocycles. The van der Waals surface area contributed by atoms with Crippen molar-refractivity contribution in [3.05, 3.63) is 0 Å². The molecule has 0 unspecified atom stereocenters. The van der Waals surface area contributed by atoms with Crippen LogP contribution in [0.15, 0.2) is 0 Å². The summed E-state index contributed by atoms with van der Waals surface area (Å²) in [7, 11) is 0. The summed E-state index contributed by atoms with van der Waals surface area (Å²) in [5.41, 5.74) is 0. The van der Waals surface area contributed by atoms with Crippen molar-refractivity contribution in [2.24, 2.45) is 0 Å². The molecule has 0 aromatic heterocycles. The summed E-state index contributed by atoms with van der Waals surface area (Å²) in [5, 5.41) is 0. The maximum atomic E-state index is 2.81. The summed E-state index contributed by atoms with van der Waals surface area (Å²) in [6, 6.07) is 0. The second kappa shape index (κ2) is 6.25. The van der Waals surface area contributed by atoms with Crippen LogP contribution < -0.4 is 0 Å². The molecule has 0 amide bonds. The van der Waals surface area contributed by atoms with E-state index in [2.05, 4.69) is 37.7 Å². The fraction of sp³-hybridized carbons (Fsp3) is 1.00. The second-order valence-corrected chi connectivity index (χ2v) is 18.3. The van der Waals surface area contributed by atoms with E-state index < -0.39 is 18.7 Å². The molecule has 0 spiro atoms. The summed E-state index contributed by atoms with van der Waals surface area (Å²) >= 11 is -1.78. The SMILES string of the molecule is CC[N](CC)[Sn]([CH2]C)([CH2]C)[CH2]C. The zero-order chi connectivity index (χ0) is 9.61. The first kappa shape index (κ1) is 12.8. The van der Waals surface area contributed by atoms with Crippen LogP contribution in [0.3, 0.4) is 0 Å². The van der Waals surface area contributed by atoms with E-state index in [1.807, 2.05) is 0 Å². The van der Waals surface area contributed by atoms with Crippen LogP contribution in [-0.2, 0) is 0 Å². The van der Waals surface area contributed by atoms with Crippen LogP contribution in [0.1, 0.15) is 34.6 Å². The van der Waals surface area contributed by atoms with Gasteiger partial charge in [-0.05, 0) is 0 Å². The van der Waals surface area contributed by atoms with Gasteiger partial charge in [-0.25, -0.2) is 0 Å². The monoisotopic (exact) mass is 279 g/mol. The number of hydrogen-bond donors (Lipinski definition) is 0. The molecule has 0 aliphatic heterocycles. The molecule has 1 nitrogen and oxygen atoms in total. The van der Waals surface area contributed by atoms with Crippen LogP contribution in [0.2, 0.25) is 13.3 Å². The first-order chi connectivity index (χ1) is 5.70. The molecule has 0 atom stereocenters. The molecule has 0 N–H and O–H groups in total. The van der Waals surface area contributed by atoms with E-state index in [1.165, 1.54) is 26.4 Å². The second-order valence-electron chi connectivity index (χ2n) is 3.46. The Hall–Kier alpha value is 0.759. The molecular formula is C10H25NSn. The molecule has 74 valence electrons. The van der Waals surface area contributed by atoms with Crippen molar-refractivity contribution in [3.8, 4) is 0 Å². The Kier molecular flexibility index (Phi) is 6.64. The van der Waals surface area contributed by atoms with Crippen molar-refractivity contribution >= 4 is 18.7 Å². The molecule has 0 rings (SSSR count). The van der Waals surface area contributed by atoms with Crippen molar-refractivity contribution < 1.29 is 0 Å². The molecule has 2 heteroatoms. The van der Waals surface area contributed by atoms with Gasteiger partial charge in [0.05, 0.1) is 0 Å². The van der Waals surface area contributed by atoms with Crippen molar-refractivity contribution in [1.82, 2.24) is 3.12 Å². The van der Waals surface area contributed by atoms with Gasteiger partial charge < -0.3 is 0 Å². The van der Waals surface area contributed by atoms with Gasteiger partial charge in [-0.2, -0.15) is 0 Å². The van der Waals surface area contributed by atoms with Gasteiger partial charge in [0.1, 0.15) is 0 Å². The van der Waals surface area contributed by atoms with Crippen LogP contribution in [0.4, 0.5) is 0 Å². The summed E-state index contributed by atoms with van der Waals surface area (Å²) in [6.07, 6.45) is 0. The van der Waals surface area contributed by atoms with Gasteiger partial charge in [-0.3, -0.25) is 0 Å². The van der Waals surface area contributed by atoms with E-state index in [-0.39, 0.29) is 0 Å². The van der Waals surface area contributed by atoms with Gasteiger partial charge in [-0.15, -0.1) is 0 Å². The van der Waals surface area contributed by atoms with Crippen LogP contribution in [0.25, 0.3) is 0 Å². The third-order valence-electron chi connectivity index (χ3n) is 3.41. The van der Waals surface area contributed by atoms with E-state index >= 15 is 0 Å². The molecule has 0 saturated carbocycles. The normalized spacial score (nSPS) is 12.5. The Balaban J connectivity index is 4.42. The van der Waals surface area contributed by atoms with Crippen LogP contribution in [0, 0.1) is 0 Å². The van der Waals surface area contributed by atoms with Crippen molar-refractivity contribution in [3.63, 3.8) is 0 Å². The minimum atomic E-state index is -1.78. The Labute approximate surface area is 82.8 Å². The predicted molar refractivity (Wildman–Crippen MR) is 60.1 cm³/mol. The fourth-order valence-corrected chi connectivity index (χ4v) is 14.3. The number of nitrogens with zero attached hydrogens (tertiary/aromatic N) is 1. The zero-order valence-corrected chi connectivity index (χ0v) is 12.3. The van der Waals surface area contributed by atoms with Crippen LogP contribution in [0.5, 0.6) is 0 Å². The Morgan fingerprint density at radius 1 is 0.750 bits per heavy atom. The van der Waals surface area contributed by atoms with Gasteiger partial charge >= 0.3 is 82.8 Å². The van der Waals surface area contributed by atoms with E-state index in [0.717, 1.165) is 0 Å². The van der Waals surface area contributed by atoms with Crippen LogP contribution in [-0.4, -0.2) is 34.9 Å². The Morgan fingerprint density at radius 3 is 1.17 bits per heavy atom. The quantitative estimate of drug-likeness (QED) is 0.673. The molecule has 12 heavy (non-hydrogen) atoms. The minimum absolute atomic E-state index is 1.28. The van der Waals surface area contributed by atoms with E-state index in [9.17, 15) is 0 Å². The number of hydrogen-bond acceptors (Lipinski definition) is 1. The standard InChI is InChI=1S/C4H10N.3C2H5.Sn/c1-3-5-4-2;3*1-2;/h3-4H2,1-2H3;3*1H2,2H3;/q-1;;;;+1. The predicted octanol–water partition coefficient (Wildman–Crippen LogP) is 3.33. The average Bonchev–Trinajstić information content (AvgIpc) is 2.14. The Morgan fingerprint density at radius 2 is 1.08 bits per heavy atom. The van der Waals surface area contributed by atoms with E-state index in [0.29, 0.717) is 0 Å². The molecule has 0 aliphatic rings. The van der Waals surface area contributed by atoms with Gasteiger partial charge in [0.15, 0.2) is 0 Å².